The molecule has 3 heteroatoms. The van der Waals surface area contributed by atoms with Crippen molar-refractivity contribution in [2.45, 2.75) is 39.0 Å². The van der Waals surface area contributed by atoms with Gasteiger partial charge in [0, 0.05) is 18.1 Å². The van der Waals surface area contributed by atoms with Gasteiger partial charge in [-0.25, -0.2) is 0 Å². The minimum absolute atomic E-state index is 0.0423. The molecule has 1 heterocycles. The molecule has 0 bridgehead atoms. The first-order valence-electron chi connectivity index (χ1n) is 8.12. The topological polar surface area (TPSA) is 44.9 Å². The first-order valence-corrected chi connectivity index (χ1v) is 8.12. The number of aromatic amines is 1. The fourth-order valence-electron chi connectivity index (χ4n) is 3.45. The molecule has 1 aliphatic carbocycles. The minimum atomic E-state index is 0.0423. The van der Waals surface area contributed by atoms with Crippen LogP contribution < -0.4 is 5.32 Å². The van der Waals surface area contributed by atoms with E-state index >= 15 is 0 Å². The zero-order valence-corrected chi connectivity index (χ0v) is 12.7. The van der Waals surface area contributed by atoms with Crippen molar-refractivity contribution in [3.8, 4) is 0 Å². The second-order valence-electron chi connectivity index (χ2n) is 6.25. The zero-order chi connectivity index (χ0) is 14.7. The average Bonchev–Trinajstić information content (AvgIpc) is 3.01. The summed E-state index contributed by atoms with van der Waals surface area (Å²) in [5.74, 6) is 1.60. The fraction of sp³-hybridized carbons (Fsp3) is 0.500. The molecule has 2 aromatic rings. The van der Waals surface area contributed by atoms with Gasteiger partial charge in [0.1, 0.15) is 0 Å². The molecule has 3 nitrogen and oxygen atoms in total. The maximum Gasteiger partial charge on any atom is 0.253 e. The predicted molar refractivity (Wildman–Crippen MR) is 86.4 cm³/mol. The van der Waals surface area contributed by atoms with Gasteiger partial charge in [-0.3, -0.25) is 4.79 Å². The lowest BCUT2D eigenvalue weighted by molar-refractivity contribution is 0.0942. The lowest BCUT2D eigenvalue weighted by Gasteiger charge is -2.27. The number of para-hydroxylation sites is 1. The maximum absolute atomic E-state index is 12.4. The van der Waals surface area contributed by atoms with E-state index in [1.807, 2.05) is 30.5 Å². The van der Waals surface area contributed by atoms with Gasteiger partial charge in [0.2, 0.25) is 0 Å². The van der Waals surface area contributed by atoms with Gasteiger partial charge in [0.15, 0.2) is 0 Å². The molecule has 1 aromatic carbocycles. The Morgan fingerprint density at radius 3 is 2.71 bits per heavy atom. The molecule has 0 unspecified atom stereocenters. The van der Waals surface area contributed by atoms with Gasteiger partial charge < -0.3 is 10.3 Å². The summed E-state index contributed by atoms with van der Waals surface area (Å²) in [5, 5.41) is 4.21. The van der Waals surface area contributed by atoms with Crippen molar-refractivity contribution in [3.63, 3.8) is 0 Å². The molecule has 1 aromatic heterocycles. The molecule has 1 saturated carbocycles. The summed E-state index contributed by atoms with van der Waals surface area (Å²) in [5.41, 5.74) is 1.68. The van der Waals surface area contributed by atoms with Crippen LogP contribution in [-0.2, 0) is 0 Å². The molecule has 0 spiro atoms. The molecule has 21 heavy (non-hydrogen) atoms. The van der Waals surface area contributed by atoms with Crippen molar-refractivity contribution in [2.75, 3.05) is 6.54 Å². The molecule has 0 atom stereocenters. The number of rotatable bonds is 4. The van der Waals surface area contributed by atoms with E-state index < -0.39 is 0 Å². The Labute approximate surface area is 126 Å². The van der Waals surface area contributed by atoms with Crippen molar-refractivity contribution >= 4 is 16.8 Å². The van der Waals surface area contributed by atoms with Crippen LogP contribution in [-0.4, -0.2) is 17.4 Å². The number of fused-ring (bicyclic) bond motifs is 1. The number of H-pyrrole nitrogens is 1. The molecule has 1 amide bonds. The van der Waals surface area contributed by atoms with Gasteiger partial charge in [-0.1, -0.05) is 38.3 Å². The van der Waals surface area contributed by atoms with Gasteiger partial charge in [-0.2, -0.15) is 0 Å². The molecule has 3 rings (SSSR count). The van der Waals surface area contributed by atoms with Crippen LogP contribution >= 0.6 is 0 Å². The number of benzene rings is 1. The third kappa shape index (κ3) is 3.12. The van der Waals surface area contributed by atoms with E-state index in [2.05, 4.69) is 17.2 Å². The summed E-state index contributed by atoms with van der Waals surface area (Å²) < 4.78 is 0. The highest BCUT2D eigenvalue weighted by atomic mass is 16.1. The standard InChI is InChI=1S/C18H24N2O/c1-2-13-6-8-14(9-7-13)12-20-18(21)16-5-3-4-15-10-11-19-17(15)16/h3-5,10-11,13-14,19H,2,6-9,12H2,1H3,(H,20,21). The average molecular weight is 284 g/mol. The van der Waals surface area contributed by atoms with Gasteiger partial charge >= 0.3 is 0 Å². The van der Waals surface area contributed by atoms with Gasteiger partial charge in [0.25, 0.3) is 5.91 Å². The molecular formula is C18H24N2O. The van der Waals surface area contributed by atoms with E-state index in [1.54, 1.807) is 0 Å². The molecule has 0 aliphatic heterocycles. The largest absolute Gasteiger partial charge is 0.361 e. The SMILES string of the molecule is CCC1CCC(CNC(=O)c2cccc3cc[nH]c23)CC1. The smallest absolute Gasteiger partial charge is 0.253 e. The van der Waals surface area contributed by atoms with Gasteiger partial charge in [0.05, 0.1) is 11.1 Å². The highest BCUT2D eigenvalue weighted by Crippen LogP contribution is 2.30. The highest BCUT2D eigenvalue weighted by Gasteiger charge is 2.20. The summed E-state index contributed by atoms with van der Waals surface area (Å²) in [6.07, 6.45) is 8.34. The zero-order valence-electron chi connectivity index (χ0n) is 12.7. The van der Waals surface area contributed by atoms with E-state index in [1.165, 1.54) is 32.1 Å². The lowest BCUT2D eigenvalue weighted by atomic mass is 9.81. The second-order valence-corrected chi connectivity index (χ2v) is 6.25. The second kappa shape index (κ2) is 6.33. The maximum atomic E-state index is 12.4. The molecule has 0 saturated heterocycles. The van der Waals surface area contributed by atoms with Crippen molar-refractivity contribution in [1.29, 1.82) is 0 Å². The summed E-state index contributed by atoms with van der Waals surface area (Å²) in [6, 6.07) is 7.85. The van der Waals surface area contributed by atoms with Crippen LogP contribution in [0.4, 0.5) is 0 Å². The molecule has 2 N–H and O–H groups in total. The molecule has 1 aliphatic rings. The number of hydrogen-bond donors (Lipinski definition) is 2. The van der Waals surface area contributed by atoms with E-state index in [0.29, 0.717) is 5.92 Å². The number of amides is 1. The van der Waals surface area contributed by atoms with Crippen LogP contribution in [0.2, 0.25) is 0 Å². The van der Waals surface area contributed by atoms with E-state index in [9.17, 15) is 4.79 Å². The van der Waals surface area contributed by atoms with Crippen LogP contribution in [0.5, 0.6) is 0 Å². The number of aromatic nitrogens is 1. The lowest BCUT2D eigenvalue weighted by Crippen LogP contribution is -2.31. The molecule has 112 valence electrons. The normalized spacial score (nSPS) is 22.3. The first kappa shape index (κ1) is 14.2. The van der Waals surface area contributed by atoms with Crippen LogP contribution in [0.15, 0.2) is 30.5 Å². The van der Waals surface area contributed by atoms with Crippen LogP contribution in [0.3, 0.4) is 0 Å². The van der Waals surface area contributed by atoms with Crippen LogP contribution in [0, 0.1) is 11.8 Å². The highest BCUT2D eigenvalue weighted by molar-refractivity contribution is 6.05. The predicted octanol–water partition coefficient (Wildman–Crippen LogP) is 4.11. The van der Waals surface area contributed by atoms with Gasteiger partial charge in [-0.05, 0) is 36.8 Å². The third-order valence-corrected chi connectivity index (χ3v) is 4.93. The monoisotopic (exact) mass is 284 g/mol. The van der Waals surface area contributed by atoms with E-state index in [0.717, 1.165) is 28.9 Å². The minimum Gasteiger partial charge on any atom is -0.361 e. The van der Waals surface area contributed by atoms with Crippen LogP contribution in [0.1, 0.15) is 49.4 Å². The Bertz CT molecular complexity index is 608. The fourth-order valence-corrected chi connectivity index (χ4v) is 3.45. The van der Waals surface area contributed by atoms with Crippen molar-refractivity contribution in [3.05, 3.63) is 36.0 Å². The summed E-state index contributed by atoms with van der Waals surface area (Å²) in [6.45, 7) is 3.09. The Morgan fingerprint density at radius 2 is 1.95 bits per heavy atom. The van der Waals surface area contributed by atoms with Crippen molar-refractivity contribution in [2.24, 2.45) is 11.8 Å². The van der Waals surface area contributed by atoms with E-state index in [-0.39, 0.29) is 5.91 Å². The first-order chi connectivity index (χ1) is 10.3. The van der Waals surface area contributed by atoms with Gasteiger partial charge in [-0.15, -0.1) is 0 Å². The molecule has 0 radical (unpaired) electrons. The number of carbonyl (C=O) groups excluding carboxylic acids is 1. The van der Waals surface area contributed by atoms with Crippen molar-refractivity contribution in [1.82, 2.24) is 10.3 Å². The Balaban J connectivity index is 1.58. The van der Waals surface area contributed by atoms with Crippen LogP contribution in [0.25, 0.3) is 10.9 Å². The molecule has 1 fully saturated rings. The van der Waals surface area contributed by atoms with E-state index in [4.69, 9.17) is 0 Å². The summed E-state index contributed by atoms with van der Waals surface area (Å²) in [4.78, 5) is 15.5. The quantitative estimate of drug-likeness (QED) is 0.871. The third-order valence-electron chi connectivity index (χ3n) is 4.93. The summed E-state index contributed by atoms with van der Waals surface area (Å²) >= 11 is 0. The van der Waals surface area contributed by atoms with Crippen molar-refractivity contribution < 1.29 is 4.79 Å². The Hall–Kier alpha value is -1.77. The Morgan fingerprint density at radius 1 is 1.19 bits per heavy atom. The Kier molecular flexibility index (Phi) is 4.28. The molecular weight excluding hydrogens is 260 g/mol. The number of nitrogens with one attached hydrogen (secondary N) is 2. The number of carbonyl (C=O) groups is 1. The summed E-state index contributed by atoms with van der Waals surface area (Å²) in [7, 11) is 0. The number of hydrogen-bond acceptors (Lipinski definition) is 1.